The van der Waals surface area contributed by atoms with E-state index in [2.05, 4.69) is 0 Å². The number of sulfone groups is 1. The quantitative estimate of drug-likeness (QED) is 0.621. The highest BCUT2D eigenvalue weighted by atomic mass is 35.5. The summed E-state index contributed by atoms with van der Waals surface area (Å²) in [7, 11) is -3.05. The lowest BCUT2D eigenvalue weighted by atomic mass is 10.2. The number of nitrogens with two attached hydrogens (primary N) is 1. The molecule has 1 aromatic carbocycles. The van der Waals surface area contributed by atoms with E-state index >= 15 is 0 Å². The summed E-state index contributed by atoms with van der Waals surface area (Å²) in [5.41, 5.74) is 5.79. The Hall–Kier alpha value is -1.27. The van der Waals surface area contributed by atoms with E-state index in [1.54, 1.807) is 12.1 Å². The van der Waals surface area contributed by atoms with Gasteiger partial charge in [-0.1, -0.05) is 11.6 Å². The van der Waals surface area contributed by atoms with E-state index in [1.165, 1.54) is 6.07 Å². The zero-order valence-corrected chi connectivity index (χ0v) is 10.8. The minimum atomic E-state index is -3.05. The van der Waals surface area contributed by atoms with Gasteiger partial charge in [0.1, 0.15) is 18.2 Å². The van der Waals surface area contributed by atoms with E-state index in [-0.39, 0.29) is 18.2 Å². The zero-order valence-electron chi connectivity index (χ0n) is 9.23. The second-order valence-electron chi connectivity index (χ2n) is 3.54. The average Bonchev–Trinajstić information content (AvgIpc) is 2.18. The standard InChI is InChI=1S/C10H13ClN2O3S/c1-17(14,15)5-4-16-9-3-2-7(10(12)13)6-8(9)11/h2-3,6H,4-5H2,1H3,(H3,12,13). The van der Waals surface area contributed by atoms with Crippen LogP contribution in [0.1, 0.15) is 5.56 Å². The van der Waals surface area contributed by atoms with Crippen molar-refractivity contribution >= 4 is 27.3 Å². The molecule has 0 aliphatic rings. The maximum absolute atomic E-state index is 10.9. The molecule has 0 unspecified atom stereocenters. The van der Waals surface area contributed by atoms with Gasteiger partial charge >= 0.3 is 0 Å². The molecule has 7 heteroatoms. The first kappa shape index (κ1) is 13.8. The maximum atomic E-state index is 10.9. The molecule has 0 saturated heterocycles. The van der Waals surface area contributed by atoms with Gasteiger partial charge in [-0.2, -0.15) is 0 Å². The van der Waals surface area contributed by atoms with Crippen molar-refractivity contribution in [2.75, 3.05) is 18.6 Å². The van der Waals surface area contributed by atoms with Crippen LogP contribution in [0.4, 0.5) is 0 Å². The molecule has 94 valence electrons. The third kappa shape index (κ3) is 4.62. The summed E-state index contributed by atoms with van der Waals surface area (Å²) in [5, 5.41) is 7.52. The van der Waals surface area contributed by atoms with Crippen LogP contribution in [0.25, 0.3) is 0 Å². The van der Waals surface area contributed by atoms with Crippen molar-refractivity contribution in [1.82, 2.24) is 0 Å². The number of halogens is 1. The van der Waals surface area contributed by atoms with E-state index in [1.807, 2.05) is 0 Å². The molecule has 0 aliphatic carbocycles. The number of nitrogen functional groups attached to an aromatic ring is 1. The summed E-state index contributed by atoms with van der Waals surface area (Å²) in [4.78, 5) is 0. The van der Waals surface area contributed by atoms with Gasteiger partial charge in [0, 0.05) is 11.8 Å². The first-order valence-electron chi connectivity index (χ1n) is 4.74. The molecule has 0 bridgehead atoms. The fraction of sp³-hybridized carbons (Fsp3) is 0.300. The fourth-order valence-corrected chi connectivity index (χ4v) is 1.71. The number of nitrogens with one attached hydrogen (secondary N) is 1. The largest absolute Gasteiger partial charge is 0.491 e. The van der Waals surface area contributed by atoms with Gasteiger partial charge < -0.3 is 10.5 Å². The van der Waals surface area contributed by atoms with Gasteiger partial charge in [0.15, 0.2) is 9.84 Å². The highest BCUT2D eigenvalue weighted by Crippen LogP contribution is 2.25. The van der Waals surface area contributed by atoms with E-state index in [0.29, 0.717) is 16.3 Å². The summed E-state index contributed by atoms with van der Waals surface area (Å²) in [6, 6.07) is 4.64. The lowest BCUT2D eigenvalue weighted by molar-refractivity contribution is 0.341. The topological polar surface area (TPSA) is 93.2 Å². The third-order valence-electron chi connectivity index (χ3n) is 1.95. The Morgan fingerprint density at radius 2 is 2.18 bits per heavy atom. The Morgan fingerprint density at radius 1 is 1.53 bits per heavy atom. The van der Waals surface area contributed by atoms with E-state index in [9.17, 15) is 8.42 Å². The van der Waals surface area contributed by atoms with Crippen LogP contribution in [-0.4, -0.2) is 32.9 Å². The SMILES string of the molecule is CS(=O)(=O)CCOc1ccc(C(=N)N)cc1Cl. The molecule has 0 fully saturated rings. The summed E-state index contributed by atoms with van der Waals surface area (Å²) in [6.45, 7) is 0.0397. The van der Waals surface area contributed by atoms with E-state index < -0.39 is 9.84 Å². The van der Waals surface area contributed by atoms with E-state index in [4.69, 9.17) is 27.5 Å². The van der Waals surface area contributed by atoms with Crippen LogP contribution in [0.5, 0.6) is 5.75 Å². The highest BCUT2D eigenvalue weighted by molar-refractivity contribution is 7.90. The van der Waals surface area contributed by atoms with Crippen LogP contribution in [0, 0.1) is 5.41 Å². The molecule has 0 aromatic heterocycles. The van der Waals surface area contributed by atoms with Gasteiger partial charge in [-0.15, -0.1) is 0 Å². The third-order valence-corrected chi connectivity index (χ3v) is 3.16. The molecule has 1 rings (SSSR count). The predicted octanol–water partition coefficient (Wildman–Crippen LogP) is 1.05. The maximum Gasteiger partial charge on any atom is 0.150 e. The van der Waals surface area contributed by atoms with Gasteiger partial charge in [0.05, 0.1) is 10.8 Å². The molecule has 0 amide bonds. The second-order valence-corrected chi connectivity index (χ2v) is 6.20. The average molecular weight is 277 g/mol. The molecule has 5 nitrogen and oxygen atoms in total. The zero-order chi connectivity index (χ0) is 13.1. The first-order valence-corrected chi connectivity index (χ1v) is 7.18. The molecule has 0 aliphatic heterocycles. The Balaban J connectivity index is 2.70. The lowest BCUT2D eigenvalue weighted by Crippen LogP contribution is -2.13. The normalized spacial score (nSPS) is 11.2. The summed E-state index contributed by atoms with van der Waals surface area (Å²) in [6.07, 6.45) is 1.14. The first-order chi connectivity index (χ1) is 7.79. The molecule has 0 saturated carbocycles. The predicted molar refractivity (Wildman–Crippen MR) is 67.7 cm³/mol. The van der Waals surface area contributed by atoms with Crippen LogP contribution >= 0.6 is 11.6 Å². The molecular weight excluding hydrogens is 264 g/mol. The van der Waals surface area contributed by atoms with Gasteiger partial charge in [0.2, 0.25) is 0 Å². The Kier molecular flexibility index (Phi) is 4.36. The number of amidine groups is 1. The van der Waals surface area contributed by atoms with Crippen molar-refractivity contribution in [2.45, 2.75) is 0 Å². The molecule has 0 atom stereocenters. The van der Waals surface area contributed by atoms with E-state index in [0.717, 1.165) is 6.26 Å². The molecule has 0 spiro atoms. The van der Waals surface area contributed by atoms with Crippen LogP contribution in [0.15, 0.2) is 18.2 Å². The minimum Gasteiger partial charge on any atom is -0.491 e. The summed E-state index contributed by atoms with van der Waals surface area (Å²) >= 11 is 5.90. The van der Waals surface area contributed by atoms with Crippen molar-refractivity contribution in [3.63, 3.8) is 0 Å². The van der Waals surface area contributed by atoms with Crippen molar-refractivity contribution in [3.05, 3.63) is 28.8 Å². The smallest absolute Gasteiger partial charge is 0.150 e. The minimum absolute atomic E-state index is 0.0397. The summed E-state index contributed by atoms with van der Waals surface area (Å²) in [5.74, 6) is 0.215. The highest BCUT2D eigenvalue weighted by Gasteiger charge is 2.07. The molecule has 0 radical (unpaired) electrons. The van der Waals surface area contributed by atoms with Crippen LogP contribution < -0.4 is 10.5 Å². The number of hydrogen-bond donors (Lipinski definition) is 2. The van der Waals surface area contributed by atoms with Gasteiger partial charge in [-0.25, -0.2) is 8.42 Å². The number of hydrogen-bond acceptors (Lipinski definition) is 4. The molecule has 1 aromatic rings. The lowest BCUT2D eigenvalue weighted by Gasteiger charge is -2.08. The van der Waals surface area contributed by atoms with Gasteiger partial charge in [-0.3, -0.25) is 5.41 Å². The van der Waals surface area contributed by atoms with Crippen LogP contribution in [-0.2, 0) is 9.84 Å². The molecular formula is C10H13ClN2O3S. The van der Waals surface area contributed by atoms with Gasteiger partial charge in [0.25, 0.3) is 0 Å². The van der Waals surface area contributed by atoms with Crippen LogP contribution in [0.3, 0.4) is 0 Å². The molecule has 0 heterocycles. The van der Waals surface area contributed by atoms with Crippen molar-refractivity contribution in [1.29, 1.82) is 5.41 Å². The fourth-order valence-electron chi connectivity index (χ4n) is 1.09. The number of ether oxygens (including phenoxy) is 1. The summed E-state index contributed by atoms with van der Waals surface area (Å²) < 4.78 is 27.0. The second kappa shape index (κ2) is 5.37. The van der Waals surface area contributed by atoms with Crippen molar-refractivity contribution < 1.29 is 13.2 Å². The van der Waals surface area contributed by atoms with Crippen molar-refractivity contribution in [3.8, 4) is 5.75 Å². The van der Waals surface area contributed by atoms with Crippen molar-refractivity contribution in [2.24, 2.45) is 5.73 Å². The number of rotatable bonds is 5. The molecule has 3 N–H and O–H groups in total. The monoisotopic (exact) mass is 276 g/mol. The Bertz CT molecular complexity index is 528. The number of benzene rings is 1. The van der Waals surface area contributed by atoms with Crippen LogP contribution in [0.2, 0.25) is 5.02 Å². The molecule has 17 heavy (non-hydrogen) atoms. The Morgan fingerprint density at radius 3 is 2.65 bits per heavy atom. The van der Waals surface area contributed by atoms with Gasteiger partial charge in [-0.05, 0) is 18.2 Å². The Labute approximate surface area is 105 Å².